The topological polar surface area (TPSA) is 70.5 Å². The summed E-state index contributed by atoms with van der Waals surface area (Å²) in [5, 5.41) is 10.9. The van der Waals surface area contributed by atoms with Crippen LogP contribution in [0.2, 0.25) is 0 Å². The minimum Gasteiger partial charge on any atom is -0.487 e. The molecule has 5 nitrogen and oxygen atoms in total. The van der Waals surface area contributed by atoms with Gasteiger partial charge in [0.1, 0.15) is 12.4 Å². The van der Waals surface area contributed by atoms with Crippen molar-refractivity contribution in [1.82, 2.24) is 9.97 Å². The minimum atomic E-state index is -0.0802. The number of hydrogen-bond donors (Lipinski definition) is 2. The number of hydrogen-bond acceptors (Lipinski definition) is 4. The first kappa shape index (κ1) is 21.6. The Morgan fingerprint density at radius 2 is 1.88 bits per heavy atom. The van der Waals surface area contributed by atoms with Gasteiger partial charge in [-0.3, -0.25) is 9.98 Å². The van der Waals surface area contributed by atoms with E-state index >= 15 is 0 Å². The van der Waals surface area contributed by atoms with Crippen molar-refractivity contribution in [2.45, 2.75) is 13.2 Å². The molecule has 0 saturated heterocycles. The molecule has 0 unspecified atom stereocenters. The van der Waals surface area contributed by atoms with Gasteiger partial charge in [-0.05, 0) is 53.1 Å². The summed E-state index contributed by atoms with van der Waals surface area (Å²) in [7, 11) is 0. The van der Waals surface area contributed by atoms with Crippen LogP contribution < -0.4 is 4.74 Å². The summed E-state index contributed by atoms with van der Waals surface area (Å²) in [5.74, 6) is 0.654. The number of aliphatic hydroxyl groups excluding tert-OH is 1. The number of aromatic nitrogens is 2. The van der Waals surface area contributed by atoms with Crippen molar-refractivity contribution in [3.8, 4) is 5.75 Å². The highest BCUT2D eigenvalue weighted by Crippen LogP contribution is 2.23. The summed E-state index contributed by atoms with van der Waals surface area (Å²) >= 11 is 0. The van der Waals surface area contributed by atoms with Crippen LogP contribution in [-0.2, 0) is 13.2 Å². The number of nitrogens with one attached hydrogen (secondary N) is 1. The fraction of sp³-hybridized carbons (Fsp3) is 0.103. The first-order valence-electron chi connectivity index (χ1n) is 11.2. The molecule has 0 atom stereocenters. The number of pyridine rings is 1. The maximum absolute atomic E-state index is 9.67. The van der Waals surface area contributed by atoms with E-state index in [2.05, 4.69) is 51.4 Å². The molecular formula is C29H25N3O2. The van der Waals surface area contributed by atoms with Gasteiger partial charge in [-0.1, -0.05) is 54.6 Å². The quantitative estimate of drug-likeness (QED) is 0.362. The molecule has 34 heavy (non-hydrogen) atoms. The highest BCUT2D eigenvalue weighted by Gasteiger charge is 2.07. The first-order valence-corrected chi connectivity index (χ1v) is 11.2. The highest BCUT2D eigenvalue weighted by molar-refractivity contribution is 6.08. The largest absolute Gasteiger partial charge is 0.487 e. The van der Waals surface area contributed by atoms with Gasteiger partial charge in [-0.25, -0.2) is 0 Å². The number of nitrogens with zero attached hydrogens (tertiary/aromatic N) is 2. The molecule has 4 aromatic rings. The van der Waals surface area contributed by atoms with E-state index in [1.54, 1.807) is 6.20 Å². The number of aliphatic hydroxyl groups is 1. The van der Waals surface area contributed by atoms with Crippen molar-refractivity contribution in [1.29, 1.82) is 0 Å². The number of rotatable bonds is 8. The van der Waals surface area contributed by atoms with Crippen LogP contribution in [0.15, 0.2) is 102 Å². The number of benzene rings is 2. The van der Waals surface area contributed by atoms with Gasteiger partial charge < -0.3 is 14.8 Å². The van der Waals surface area contributed by atoms with Crippen molar-refractivity contribution in [2.75, 3.05) is 6.54 Å². The van der Waals surface area contributed by atoms with Crippen molar-refractivity contribution >= 4 is 28.8 Å². The number of aromatic amines is 1. The number of ether oxygens (including phenoxy) is 1. The molecule has 0 spiro atoms. The molecular weight excluding hydrogens is 422 g/mol. The second-order valence-electron chi connectivity index (χ2n) is 8.05. The van der Waals surface area contributed by atoms with Gasteiger partial charge in [-0.2, -0.15) is 0 Å². The molecule has 168 valence electrons. The van der Waals surface area contributed by atoms with E-state index in [1.807, 2.05) is 60.8 Å². The van der Waals surface area contributed by atoms with Gasteiger partial charge in [0.25, 0.3) is 0 Å². The third-order valence-corrected chi connectivity index (χ3v) is 5.69. The lowest BCUT2D eigenvalue weighted by molar-refractivity contribution is 0.257. The predicted octanol–water partition coefficient (Wildman–Crippen LogP) is 5.74. The third-order valence-electron chi connectivity index (χ3n) is 5.69. The summed E-state index contributed by atoms with van der Waals surface area (Å²) < 4.78 is 5.93. The predicted molar refractivity (Wildman–Crippen MR) is 138 cm³/mol. The van der Waals surface area contributed by atoms with Crippen LogP contribution in [0.3, 0.4) is 0 Å². The van der Waals surface area contributed by atoms with Gasteiger partial charge in [-0.15, -0.1) is 0 Å². The molecule has 0 amide bonds. The molecule has 2 N–H and O–H groups in total. The van der Waals surface area contributed by atoms with Crippen LogP contribution in [0.1, 0.15) is 22.4 Å². The van der Waals surface area contributed by atoms with Crippen molar-refractivity contribution in [3.05, 3.63) is 119 Å². The van der Waals surface area contributed by atoms with E-state index in [0.29, 0.717) is 18.9 Å². The van der Waals surface area contributed by atoms with E-state index in [4.69, 9.17) is 4.74 Å². The molecule has 2 aromatic heterocycles. The Bertz CT molecular complexity index is 1410. The van der Waals surface area contributed by atoms with Gasteiger partial charge in [0.2, 0.25) is 0 Å². The molecule has 1 aliphatic rings. The second kappa shape index (κ2) is 10.1. The van der Waals surface area contributed by atoms with Crippen LogP contribution >= 0.6 is 0 Å². The lowest BCUT2D eigenvalue weighted by Gasteiger charge is -2.10. The third kappa shape index (κ3) is 5.05. The maximum Gasteiger partial charge on any atom is 0.130 e. The molecule has 0 bridgehead atoms. The Balaban J connectivity index is 1.25. The number of para-hydroxylation sites is 1. The zero-order chi connectivity index (χ0) is 23.2. The number of aliphatic imine (C=N–C) groups is 1. The van der Waals surface area contributed by atoms with Crippen molar-refractivity contribution in [3.63, 3.8) is 0 Å². The average molecular weight is 448 g/mol. The summed E-state index contributed by atoms with van der Waals surface area (Å²) in [5.41, 5.74) is 6.97. The number of fused-ring (bicyclic) bond motifs is 1. The molecule has 5 heteroatoms. The van der Waals surface area contributed by atoms with Crippen LogP contribution in [0, 0.1) is 0 Å². The van der Waals surface area contributed by atoms with Gasteiger partial charge >= 0.3 is 0 Å². The van der Waals surface area contributed by atoms with E-state index in [-0.39, 0.29) is 6.61 Å². The molecule has 0 radical (unpaired) electrons. The number of H-pyrrole nitrogens is 1. The van der Waals surface area contributed by atoms with Crippen LogP contribution in [0.25, 0.3) is 23.1 Å². The molecule has 3 heterocycles. The average Bonchev–Trinajstić information content (AvgIpc) is 3.52. The second-order valence-corrected chi connectivity index (χ2v) is 8.05. The lowest BCUT2D eigenvalue weighted by Crippen LogP contribution is -2.00. The monoisotopic (exact) mass is 447 g/mol. The minimum absolute atomic E-state index is 0.0802. The van der Waals surface area contributed by atoms with Gasteiger partial charge in [0.15, 0.2) is 0 Å². The Morgan fingerprint density at radius 3 is 2.76 bits per heavy atom. The Morgan fingerprint density at radius 1 is 0.971 bits per heavy atom. The standard InChI is InChI=1S/C29H25N3O2/c33-19-24-12-8-21(16-29(24)34-20-26-5-3-4-14-30-26)10-13-25-15-22(17-31-25)9-11-23-18-32-28-7-2-1-6-27(23)28/h1-16,18,32-33H,17,19-20H2/b11-9+,13-10+. The van der Waals surface area contributed by atoms with Crippen molar-refractivity contribution in [2.24, 2.45) is 4.99 Å². The summed E-state index contributed by atoms with van der Waals surface area (Å²) in [6.45, 7) is 0.937. The van der Waals surface area contributed by atoms with E-state index in [9.17, 15) is 5.11 Å². The number of allylic oxidation sites excluding steroid dienone is 2. The van der Waals surface area contributed by atoms with Crippen LogP contribution in [0.4, 0.5) is 0 Å². The molecule has 5 rings (SSSR count). The SMILES string of the molecule is OCc1ccc(/C=C/C2=NCC(/C=C/c3c[nH]c4ccccc34)=C2)cc1OCc1ccccn1. The smallest absolute Gasteiger partial charge is 0.130 e. The summed E-state index contributed by atoms with van der Waals surface area (Å²) in [4.78, 5) is 12.2. The molecule has 2 aromatic carbocycles. The Labute approximate surface area is 198 Å². The van der Waals surface area contributed by atoms with Crippen molar-refractivity contribution < 1.29 is 9.84 Å². The normalized spacial score (nSPS) is 13.7. The Hall–Kier alpha value is -4.22. The van der Waals surface area contributed by atoms with Crippen LogP contribution in [0.5, 0.6) is 5.75 Å². The first-order chi connectivity index (χ1) is 16.8. The maximum atomic E-state index is 9.67. The zero-order valence-electron chi connectivity index (χ0n) is 18.7. The van der Waals surface area contributed by atoms with E-state index in [1.165, 1.54) is 16.5 Å². The van der Waals surface area contributed by atoms with E-state index in [0.717, 1.165) is 28.0 Å². The fourth-order valence-corrected chi connectivity index (χ4v) is 3.85. The van der Waals surface area contributed by atoms with E-state index < -0.39 is 0 Å². The zero-order valence-corrected chi connectivity index (χ0v) is 18.7. The van der Waals surface area contributed by atoms with Gasteiger partial charge in [0.05, 0.1) is 24.6 Å². The highest BCUT2D eigenvalue weighted by atomic mass is 16.5. The molecule has 0 fully saturated rings. The summed E-state index contributed by atoms with van der Waals surface area (Å²) in [6, 6.07) is 19.8. The molecule has 0 saturated carbocycles. The lowest BCUT2D eigenvalue weighted by atomic mass is 10.1. The molecule has 0 aliphatic carbocycles. The molecule has 1 aliphatic heterocycles. The van der Waals surface area contributed by atoms with Gasteiger partial charge in [0, 0.05) is 28.9 Å². The fourth-order valence-electron chi connectivity index (χ4n) is 3.85. The van der Waals surface area contributed by atoms with Crippen LogP contribution in [-0.4, -0.2) is 27.3 Å². The summed E-state index contributed by atoms with van der Waals surface area (Å²) in [6.07, 6.45) is 14.1. The Kier molecular flexibility index (Phi) is 6.45.